The minimum absolute atomic E-state index is 0.349. The normalized spacial score (nSPS) is 11.3. The Kier molecular flexibility index (Phi) is 6.12. The van der Waals surface area contributed by atoms with Crippen molar-refractivity contribution in [3.63, 3.8) is 0 Å². The second-order valence-corrected chi connectivity index (χ2v) is 3.27. The van der Waals surface area contributed by atoms with Crippen LogP contribution in [-0.4, -0.2) is 30.3 Å². The van der Waals surface area contributed by atoms with E-state index >= 15 is 0 Å². The zero-order valence-corrected chi connectivity index (χ0v) is 9.02. The second-order valence-electron chi connectivity index (χ2n) is 3.27. The Morgan fingerprint density at radius 2 is 1.80 bits per heavy atom. The van der Waals surface area contributed by atoms with E-state index in [9.17, 15) is 18.0 Å². The van der Waals surface area contributed by atoms with E-state index in [4.69, 9.17) is 0 Å². The zero-order valence-electron chi connectivity index (χ0n) is 9.02. The number of amides is 2. The fraction of sp³-hybridized carbons (Fsp3) is 0.889. The van der Waals surface area contributed by atoms with E-state index in [0.29, 0.717) is 25.9 Å². The molecule has 6 heteroatoms. The van der Waals surface area contributed by atoms with Crippen molar-refractivity contribution in [3.05, 3.63) is 0 Å². The topological polar surface area (TPSA) is 32.3 Å². The molecule has 0 aromatic carbocycles. The van der Waals surface area contributed by atoms with E-state index in [1.807, 2.05) is 13.8 Å². The Morgan fingerprint density at radius 3 is 2.20 bits per heavy atom. The van der Waals surface area contributed by atoms with E-state index in [1.54, 1.807) is 0 Å². The molecule has 0 radical (unpaired) electrons. The zero-order chi connectivity index (χ0) is 11.9. The van der Waals surface area contributed by atoms with Gasteiger partial charge in [0.1, 0.15) is 0 Å². The molecule has 0 atom stereocenters. The number of hydrogen-bond acceptors (Lipinski definition) is 1. The lowest BCUT2D eigenvalue weighted by atomic mass is 10.3. The fourth-order valence-corrected chi connectivity index (χ4v) is 1.13. The van der Waals surface area contributed by atoms with E-state index in [0.717, 1.165) is 11.7 Å². The van der Waals surface area contributed by atoms with Crippen molar-refractivity contribution in [1.29, 1.82) is 0 Å². The average Bonchev–Trinajstić information content (AvgIpc) is 2.09. The number of halogens is 3. The number of urea groups is 1. The summed E-state index contributed by atoms with van der Waals surface area (Å²) >= 11 is 0. The summed E-state index contributed by atoms with van der Waals surface area (Å²) in [7, 11) is 0. The number of unbranched alkanes of at least 4 members (excludes halogenated alkanes) is 1. The van der Waals surface area contributed by atoms with Gasteiger partial charge in [-0.15, -0.1) is 0 Å². The van der Waals surface area contributed by atoms with Crippen molar-refractivity contribution < 1.29 is 18.0 Å². The van der Waals surface area contributed by atoms with Crippen LogP contribution in [-0.2, 0) is 0 Å². The first kappa shape index (κ1) is 14.1. The highest BCUT2D eigenvalue weighted by molar-refractivity contribution is 5.74. The van der Waals surface area contributed by atoms with Crippen LogP contribution in [0.2, 0.25) is 0 Å². The SMILES string of the molecule is CCCCN(CCC)C(=O)NC(F)(F)F. The summed E-state index contributed by atoms with van der Waals surface area (Å²) in [5, 5.41) is 1.000. The number of carbonyl (C=O) groups excluding carboxylic acids is 1. The average molecular weight is 226 g/mol. The maximum Gasteiger partial charge on any atom is 0.485 e. The molecule has 90 valence electrons. The highest BCUT2D eigenvalue weighted by Crippen LogP contribution is 2.10. The molecule has 0 aliphatic rings. The number of hydrogen-bond donors (Lipinski definition) is 1. The van der Waals surface area contributed by atoms with Crippen LogP contribution >= 0.6 is 0 Å². The van der Waals surface area contributed by atoms with Crippen LogP contribution in [0, 0.1) is 0 Å². The Morgan fingerprint density at radius 1 is 1.20 bits per heavy atom. The third-order valence-corrected chi connectivity index (χ3v) is 1.81. The van der Waals surface area contributed by atoms with E-state index < -0.39 is 12.3 Å². The van der Waals surface area contributed by atoms with Crippen LogP contribution in [0.15, 0.2) is 0 Å². The van der Waals surface area contributed by atoms with Gasteiger partial charge in [0, 0.05) is 13.1 Å². The molecule has 0 aromatic rings. The van der Waals surface area contributed by atoms with Crippen LogP contribution in [0.25, 0.3) is 0 Å². The summed E-state index contributed by atoms with van der Waals surface area (Å²) in [5.74, 6) is 0. The molecule has 0 spiro atoms. The number of rotatable bonds is 5. The monoisotopic (exact) mass is 226 g/mol. The maximum atomic E-state index is 11.9. The Balaban J connectivity index is 4.15. The third kappa shape index (κ3) is 7.04. The number of alkyl halides is 3. The molecule has 1 N–H and O–H groups in total. The molecule has 0 aliphatic heterocycles. The summed E-state index contributed by atoms with van der Waals surface area (Å²) in [6, 6.07) is -1.06. The summed E-state index contributed by atoms with van der Waals surface area (Å²) in [5.41, 5.74) is 0. The molecular formula is C9H17F3N2O. The number of carbonyl (C=O) groups is 1. The first-order valence-corrected chi connectivity index (χ1v) is 5.04. The van der Waals surface area contributed by atoms with Crippen molar-refractivity contribution in [3.8, 4) is 0 Å². The largest absolute Gasteiger partial charge is 0.485 e. The maximum absolute atomic E-state index is 11.9. The predicted octanol–water partition coefficient (Wildman–Crippen LogP) is 2.73. The van der Waals surface area contributed by atoms with Gasteiger partial charge >= 0.3 is 12.3 Å². The third-order valence-electron chi connectivity index (χ3n) is 1.81. The molecule has 0 saturated carbocycles. The van der Waals surface area contributed by atoms with Gasteiger partial charge in [0.15, 0.2) is 0 Å². The Bertz CT molecular complexity index is 194. The minimum atomic E-state index is -4.64. The van der Waals surface area contributed by atoms with Gasteiger partial charge in [0.2, 0.25) is 0 Å². The molecule has 2 amide bonds. The van der Waals surface area contributed by atoms with Crippen LogP contribution in [0.4, 0.5) is 18.0 Å². The molecule has 0 saturated heterocycles. The van der Waals surface area contributed by atoms with Crippen molar-refractivity contribution >= 4 is 6.03 Å². The number of nitrogens with zero attached hydrogens (tertiary/aromatic N) is 1. The van der Waals surface area contributed by atoms with Gasteiger partial charge in [-0.25, -0.2) is 10.1 Å². The lowest BCUT2D eigenvalue weighted by Crippen LogP contribution is -2.47. The second kappa shape index (κ2) is 6.53. The van der Waals surface area contributed by atoms with Gasteiger partial charge in [-0.05, 0) is 12.8 Å². The lowest BCUT2D eigenvalue weighted by molar-refractivity contribution is -0.147. The lowest BCUT2D eigenvalue weighted by Gasteiger charge is -2.22. The van der Waals surface area contributed by atoms with Gasteiger partial charge in [-0.1, -0.05) is 20.3 Å². The van der Waals surface area contributed by atoms with Gasteiger partial charge in [-0.2, -0.15) is 13.2 Å². The van der Waals surface area contributed by atoms with E-state index in [1.165, 1.54) is 4.90 Å². The summed E-state index contributed by atoms with van der Waals surface area (Å²) < 4.78 is 35.6. The van der Waals surface area contributed by atoms with Crippen LogP contribution in [0.1, 0.15) is 33.1 Å². The van der Waals surface area contributed by atoms with Gasteiger partial charge in [0.05, 0.1) is 0 Å². The van der Waals surface area contributed by atoms with Crippen molar-refractivity contribution in [2.45, 2.75) is 39.4 Å². The number of nitrogens with one attached hydrogen (secondary N) is 1. The van der Waals surface area contributed by atoms with E-state index in [2.05, 4.69) is 0 Å². The standard InChI is InChI=1S/C9H17F3N2O/c1-3-5-7-14(6-4-2)8(15)13-9(10,11)12/h3-7H2,1-2H3,(H,13,15). The first-order chi connectivity index (χ1) is 6.90. The smallest absolute Gasteiger partial charge is 0.325 e. The van der Waals surface area contributed by atoms with Crippen LogP contribution < -0.4 is 5.32 Å². The molecule has 0 bridgehead atoms. The van der Waals surface area contributed by atoms with Crippen molar-refractivity contribution in [2.24, 2.45) is 0 Å². The van der Waals surface area contributed by atoms with Gasteiger partial charge in [-0.3, -0.25) is 0 Å². The molecule has 0 aromatic heterocycles. The van der Waals surface area contributed by atoms with Crippen molar-refractivity contribution in [2.75, 3.05) is 13.1 Å². The minimum Gasteiger partial charge on any atom is -0.325 e. The van der Waals surface area contributed by atoms with Crippen LogP contribution in [0.5, 0.6) is 0 Å². The molecule has 3 nitrogen and oxygen atoms in total. The molecule has 0 fully saturated rings. The molecule has 0 unspecified atom stereocenters. The fourth-order valence-electron chi connectivity index (χ4n) is 1.13. The molecule has 15 heavy (non-hydrogen) atoms. The highest BCUT2D eigenvalue weighted by Gasteiger charge is 2.31. The van der Waals surface area contributed by atoms with Gasteiger partial charge in [0.25, 0.3) is 0 Å². The molecule has 0 aliphatic carbocycles. The van der Waals surface area contributed by atoms with E-state index in [-0.39, 0.29) is 0 Å². The quantitative estimate of drug-likeness (QED) is 0.718. The molecule has 0 heterocycles. The first-order valence-electron chi connectivity index (χ1n) is 5.04. The molecule has 0 rings (SSSR count). The Labute approximate surface area is 87.6 Å². The molecular weight excluding hydrogens is 209 g/mol. The predicted molar refractivity (Wildman–Crippen MR) is 51.4 cm³/mol. The summed E-state index contributed by atoms with van der Waals surface area (Å²) in [6.07, 6.45) is -2.44. The highest BCUT2D eigenvalue weighted by atomic mass is 19.4. The van der Waals surface area contributed by atoms with Gasteiger partial charge < -0.3 is 4.90 Å². The van der Waals surface area contributed by atoms with Crippen molar-refractivity contribution in [1.82, 2.24) is 10.2 Å². The summed E-state index contributed by atoms with van der Waals surface area (Å²) in [6.45, 7) is 4.46. The Hall–Kier alpha value is -0.940. The van der Waals surface area contributed by atoms with Crippen LogP contribution in [0.3, 0.4) is 0 Å². The summed E-state index contributed by atoms with van der Waals surface area (Å²) in [4.78, 5) is 12.3.